The van der Waals surface area contributed by atoms with Crippen LogP contribution in [0.5, 0.6) is 0 Å². The molecular formula is C26H18ClN3O2. The third-order valence-corrected chi connectivity index (χ3v) is 5.39. The zero-order valence-corrected chi connectivity index (χ0v) is 18.0. The van der Waals surface area contributed by atoms with Gasteiger partial charge in [0.1, 0.15) is 6.33 Å². The number of esters is 1. The van der Waals surface area contributed by atoms with E-state index in [-0.39, 0.29) is 12.3 Å². The predicted octanol–water partition coefficient (Wildman–Crippen LogP) is 5.51. The first-order valence-electron chi connectivity index (χ1n) is 10.2. The van der Waals surface area contributed by atoms with Gasteiger partial charge in [0.2, 0.25) is 0 Å². The van der Waals surface area contributed by atoms with E-state index in [0.717, 1.165) is 27.8 Å². The molecule has 0 radical (unpaired) electrons. The highest BCUT2D eigenvalue weighted by molar-refractivity contribution is 6.30. The fourth-order valence-corrected chi connectivity index (χ4v) is 3.86. The molecule has 0 aliphatic carbocycles. The summed E-state index contributed by atoms with van der Waals surface area (Å²) in [5, 5.41) is 0.671. The molecule has 6 heteroatoms. The summed E-state index contributed by atoms with van der Waals surface area (Å²) in [4.78, 5) is 17.0. The number of hydrogen-bond acceptors (Lipinski definition) is 3. The lowest BCUT2D eigenvalue weighted by Crippen LogP contribution is -2.08. The summed E-state index contributed by atoms with van der Waals surface area (Å²) in [6.45, 7) is 2.06. The molecule has 0 aliphatic heterocycles. The lowest BCUT2D eigenvalue weighted by Gasteiger charge is -2.09. The Morgan fingerprint density at radius 1 is 0.969 bits per heavy atom. The van der Waals surface area contributed by atoms with Gasteiger partial charge in [-0.2, -0.15) is 0 Å². The summed E-state index contributed by atoms with van der Waals surface area (Å²) >= 11 is 5.99. The first-order valence-corrected chi connectivity index (χ1v) is 10.6. The smallest absolute Gasteiger partial charge is 0.360 e. The van der Waals surface area contributed by atoms with Crippen LogP contribution in [0, 0.1) is 11.8 Å². The Bertz CT molecular complexity index is 1520. The van der Waals surface area contributed by atoms with E-state index in [0.29, 0.717) is 10.7 Å². The van der Waals surface area contributed by atoms with Crippen molar-refractivity contribution < 1.29 is 9.53 Å². The molecule has 156 valence electrons. The van der Waals surface area contributed by atoms with Gasteiger partial charge in [0.15, 0.2) is 11.3 Å². The highest BCUT2D eigenvalue weighted by atomic mass is 35.5. The van der Waals surface area contributed by atoms with E-state index in [1.165, 1.54) is 0 Å². The second kappa shape index (κ2) is 8.26. The number of benzene rings is 3. The van der Waals surface area contributed by atoms with E-state index in [1.807, 2.05) is 81.8 Å². The van der Waals surface area contributed by atoms with Gasteiger partial charge >= 0.3 is 5.97 Å². The zero-order chi connectivity index (χ0) is 22.1. The number of aromatic nitrogens is 3. The maximum absolute atomic E-state index is 12.7. The minimum atomic E-state index is -0.455. The lowest BCUT2D eigenvalue weighted by molar-refractivity contribution is 0.0522. The number of nitrogens with zero attached hydrogens (tertiary/aromatic N) is 3. The number of imidazole rings is 2. The molecule has 5 rings (SSSR count). The van der Waals surface area contributed by atoms with Gasteiger partial charge in [0, 0.05) is 16.1 Å². The second-order valence-electron chi connectivity index (χ2n) is 7.11. The molecule has 0 spiro atoms. The van der Waals surface area contributed by atoms with Crippen molar-refractivity contribution in [1.29, 1.82) is 0 Å². The Hall–Kier alpha value is -4.01. The maximum Gasteiger partial charge on any atom is 0.360 e. The average molecular weight is 440 g/mol. The largest absolute Gasteiger partial charge is 0.461 e. The number of rotatable bonds is 3. The number of fused-ring (bicyclic) bond motifs is 3. The molecule has 32 heavy (non-hydrogen) atoms. The fraction of sp³-hybridized carbons (Fsp3) is 0.0769. The number of carbonyl (C=O) groups is 1. The van der Waals surface area contributed by atoms with Crippen LogP contribution in [-0.4, -0.2) is 26.5 Å². The standard InChI is InChI=1S/C26H18ClN3O2/c1-2-32-26(31)24-25-29(17-28-24)22-9-5-6-10-23(22)30(25)21-8-4-3-7-19(21)14-11-18-12-15-20(27)16-13-18/h3-10,12-13,15-17H,2H2,1H3. The van der Waals surface area contributed by atoms with Crippen LogP contribution in [0.15, 0.2) is 79.1 Å². The molecule has 2 heterocycles. The fourth-order valence-electron chi connectivity index (χ4n) is 3.74. The normalized spacial score (nSPS) is 10.8. The number of ether oxygens (including phenoxy) is 1. The highest BCUT2D eigenvalue weighted by Gasteiger charge is 2.23. The molecule has 0 fully saturated rings. The SMILES string of the molecule is CCOC(=O)c1ncn2c3ccccc3n(-c3ccccc3C#Cc3ccc(Cl)cc3)c12. The molecule has 0 saturated heterocycles. The van der Waals surface area contributed by atoms with E-state index < -0.39 is 5.97 Å². The van der Waals surface area contributed by atoms with Gasteiger partial charge < -0.3 is 4.74 Å². The van der Waals surface area contributed by atoms with Crippen LogP contribution in [0.4, 0.5) is 0 Å². The summed E-state index contributed by atoms with van der Waals surface area (Å²) in [6, 6.07) is 23.2. The van der Waals surface area contributed by atoms with Crippen molar-refractivity contribution in [3.8, 4) is 17.5 Å². The number of carbonyl (C=O) groups excluding carboxylic acids is 1. The monoisotopic (exact) mass is 439 g/mol. The van der Waals surface area contributed by atoms with Crippen LogP contribution in [0.3, 0.4) is 0 Å². The van der Waals surface area contributed by atoms with Crippen molar-refractivity contribution in [2.75, 3.05) is 6.61 Å². The number of hydrogen-bond donors (Lipinski definition) is 0. The van der Waals surface area contributed by atoms with Gasteiger partial charge in [-0.15, -0.1) is 0 Å². The Morgan fingerprint density at radius 3 is 2.47 bits per heavy atom. The van der Waals surface area contributed by atoms with Gasteiger partial charge in [-0.25, -0.2) is 9.78 Å². The molecule has 5 aromatic rings. The van der Waals surface area contributed by atoms with Crippen LogP contribution in [-0.2, 0) is 4.74 Å². The van der Waals surface area contributed by atoms with E-state index in [4.69, 9.17) is 16.3 Å². The van der Waals surface area contributed by atoms with E-state index in [2.05, 4.69) is 16.8 Å². The topological polar surface area (TPSA) is 48.5 Å². The van der Waals surface area contributed by atoms with Crippen molar-refractivity contribution in [3.05, 3.63) is 101 Å². The maximum atomic E-state index is 12.7. The van der Waals surface area contributed by atoms with E-state index in [9.17, 15) is 4.79 Å². The van der Waals surface area contributed by atoms with Crippen LogP contribution in [0.25, 0.3) is 22.4 Å². The second-order valence-corrected chi connectivity index (χ2v) is 7.54. The predicted molar refractivity (Wildman–Crippen MR) is 125 cm³/mol. The molecule has 3 aromatic carbocycles. The average Bonchev–Trinajstić information content (AvgIpc) is 3.38. The van der Waals surface area contributed by atoms with Crippen LogP contribution in [0.2, 0.25) is 5.02 Å². The summed E-state index contributed by atoms with van der Waals surface area (Å²) in [5.74, 6) is 6.02. The minimum Gasteiger partial charge on any atom is -0.461 e. The van der Waals surface area contributed by atoms with E-state index in [1.54, 1.807) is 13.3 Å². The van der Waals surface area contributed by atoms with Crippen LogP contribution in [0.1, 0.15) is 28.5 Å². The Morgan fingerprint density at radius 2 is 1.69 bits per heavy atom. The zero-order valence-electron chi connectivity index (χ0n) is 17.2. The summed E-state index contributed by atoms with van der Waals surface area (Å²) in [6.07, 6.45) is 1.66. The van der Waals surface area contributed by atoms with E-state index >= 15 is 0 Å². The molecule has 0 saturated carbocycles. The van der Waals surface area contributed by atoms with Gasteiger partial charge in [0.05, 0.1) is 23.3 Å². The molecule has 2 aromatic heterocycles. The van der Waals surface area contributed by atoms with Gasteiger partial charge in [-0.1, -0.05) is 47.7 Å². The molecule has 0 atom stereocenters. The summed E-state index contributed by atoms with van der Waals surface area (Å²) < 4.78 is 9.18. The quantitative estimate of drug-likeness (QED) is 0.275. The molecule has 0 unspecified atom stereocenters. The first kappa shape index (κ1) is 19.9. The molecule has 0 bridgehead atoms. The minimum absolute atomic E-state index is 0.267. The van der Waals surface area contributed by atoms with Gasteiger partial charge in [-0.05, 0) is 55.5 Å². The molecule has 0 amide bonds. The van der Waals surface area contributed by atoms with Gasteiger partial charge in [-0.3, -0.25) is 8.97 Å². The summed E-state index contributed by atoms with van der Waals surface area (Å²) in [7, 11) is 0. The van der Waals surface area contributed by atoms with Crippen molar-refractivity contribution in [1.82, 2.24) is 14.0 Å². The Balaban J connectivity index is 1.76. The molecule has 5 nitrogen and oxygen atoms in total. The molecular weight excluding hydrogens is 422 g/mol. The first-order chi connectivity index (χ1) is 15.7. The lowest BCUT2D eigenvalue weighted by atomic mass is 10.1. The Kier molecular flexibility index (Phi) is 5.14. The van der Waals surface area contributed by atoms with Crippen molar-refractivity contribution >= 4 is 34.3 Å². The Labute approximate surface area is 189 Å². The number of halogens is 1. The molecule has 0 aliphatic rings. The van der Waals surface area contributed by atoms with Crippen molar-refractivity contribution in [2.45, 2.75) is 6.92 Å². The molecule has 0 N–H and O–H groups in total. The highest BCUT2D eigenvalue weighted by Crippen LogP contribution is 2.29. The van der Waals surface area contributed by atoms with Crippen molar-refractivity contribution in [3.63, 3.8) is 0 Å². The third-order valence-electron chi connectivity index (χ3n) is 5.14. The van der Waals surface area contributed by atoms with Crippen LogP contribution >= 0.6 is 11.6 Å². The van der Waals surface area contributed by atoms with Crippen molar-refractivity contribution in [2.24, 2.45) is 0 Å². The third kappa shape index (κ3) is 3.41. The van der Waals surface area contributed by atoms with Gasteiger partial charge in [0.25, 0.3) is 0 Å². The number of para-hydroxylation sites is 3. The summed E-state index contributed by atoms with van der Waals surface area (Å²) in [5.41, 5.74) is 5.33. The van der Waals surface area contributed by atoms with Crippen LogP contribution < -0.4 is 0 Å².